The van der Waals surface area contributed by atoms with E-state index in [0.717, 1.165) is 0 Å². The van der Waals surface area contributed by atoms with Gasteiger partial charge in [0.2, 0.25) is 0 Å². The van der Waals surface area contributed by atoms with Gasteiger partial charge in [0, 0.05) is 13.2 Å². The van der Waals surface area contributed by atoms with Crippen LogP contribution in [0.25, 0.3) is 0 Å². The van der Waals surface area contributed by atoms with Gasteiger partial charge in [-0.15, -0.1) is 0 Å². The molecule has 0 atom stereocenters. The molecule has 0 unspecified atom stereocenters. The summed E-state index contributed by atoms with van der Waals surface area (Å²) in [6.45, 7) is 3.86. The number of aliphatic hydroxyl groups is 2. The van der Waals surface area contributed by atoms with Gasteiger partial charge in [0.25, 0.3) is 0 Å². The minimum absolute atomic E-state index is 0.250. The molecule has 0 rings (SSSR count). The van der Waals surface area contributed by atoms with Gasteiger partial charge in [0.15, 0.2) is 0 Å². The van der Waals surface area contributed by atoms with E-state index in [9.17, 15) is 0 Å². The van der Waals surface area contributed by atoms with Gasteiger partial charge in [-0.1, -0.05) is 0 Å². The Morgan fingerprint density at radius 2 is 1.30 bits per heavy atom. The van der Waals surface area contributed by atoms with Gasteiger partial charge in [-0.05, 0) is 13.8 Å². The van der Waals surface area contributed by atoms with Gasteiger partial charge in [-0.25, -0.2) is 4.79 Å². The smallest absolute Gasteiger partial charge is 0.402 e. The fraction of sp³-hybridized carbons (Fsp3) is 0.800. The maximum absolute atomic E-state index is 8.78. The van der Waals surface area contributed by atoms with Gasteiger partial charge >= 0.3 is 6.09 Å². The third kappa shape index (κ3) is 420. The molecule has 0 fully saturated rings. The molecule has 0 heterocycles. The molecule has 0 aliphatic heterocycles. The van der Waals surface area contributed by atoms with Crippen molar-refractivity contribution in [3.05, 3.63) is 0 Å². The first-order valence-electron chi connectivity index (χ1n) is 2.76. The van der Waals surface area contributed by atoms with Crippen molar-refractivity contribution in [1.29, 1.82) is 0 Å². The fourth-order valence-corrected chi connectivity index (χ4v) is 0. The minimum Gasteiger partial charge on any atom is -0.465 e. The zero-order valence-electron chi connectivity index (χ0n) is 6.24. The second-order valence-electron chi connectivity index (χ2n) is 0.971. The van der Waals surface area contributed by atoms with Crippen LogP contribution in [0.2, 0.25) is 0 Å². The molecular weight excluding hydrogens is 138 g/mol. The number of nitrogens with two attached hydrogens (primary N) is 1. The Hall–Kier alpha value is -0.810. The summed E-state index contributed by atoms with van der Waals surface area (Å²) in [6.07, 6.45) is -1.33. The molecule has 5 heteroatoms. The van der Waals surface area contributed by atoms with Gasteiger partial charge < -0.3 is 21.1 Å². The van der Waals surface area contributed by atoms with Crippen LogP contribution in [0.1, 0.15) is 13.8 Å². The van der Waals surface area contributed by atoms with E-state index in [1.807, 2.05) is 0 Å². The van der Waals surface area contributed by atoms with Crippen LogP contribution in [0, 0.1) is 0 Å². The molecule has 0 saturated carbocycles. The van der Waals surface area contributed by atoms with E-state index >= 15 is 0 Å². The average Bonchev–Trinajstić information content (AvgIpc) is 1.65. The number of rotatable bonds is 0. The molecule has 0 radical (unpaired) electrons. The first-order valence-corrected chi connectivity index (χ1v) is 2.76. The third-order valence-electron chi connectivity index (χ3n) is 0. The van der Waals surface area contributed by atoms with Crippen LogP contribution in [0.15, 0.2) is 0 Å². The fourth-order valence-electron chi connectivity index (χ4n) is 0. The molecule has 0 aromatic rings. The van der Waals surface area contributed by atoms with Crippen LogP contribution in [-0.2, 0) is 0 Å². The zero-order valence-corrected chi connectivity index (χ0v) is 6.24. The van der Waals surface area contributed by atoms with Crippen molar-refractivity contribution in [1.82, 2.24) is 0 Å². The standard InChI is InChI=1S/2C2H6O.CH3NO2/c2*1-2-3;2-1(3)4/h2*3H,2H2,1H3;2H2,(H,3,4). The SMILES string of the molecule is CCO.CCO.NC(=O)O. The number of hydrogen-bond acceptors (Lipinski definition) is 3. The summed E-state index contributed by atoms with van der Waals surface area (Å²) in [6, 6.07) is 0. The van der Waals surface area contributed by atoms with Gasteiger partial charge in [0.05, 0.1) is 0 Å². The summed E-state index contributed by atoms with van der Waals surface area (Å²) in [7, 11) is 0. The lowest BCUT2D eigenvalue weighted by atomic mass is 10.9. The molecule has 0 aromatic heterocycles. The number of hydrogen-bond donors (Lipinski definition) is 4. The highest BCUT2D eigenvalue weighted by atomic mass is 16.4. The van der Waals surface area contributed by atoms with Gasteiger partial charge in [-0.2, -0.15) is 0 Å². The van der Waals surface area contributed by atoms with Crippen LogP contribution < -0.4 is 5.73 Å². The summed E-state index contributed by atoms with van der Waals surface area (Å²) >= 11 is 0. The minimum atomic E-state index is -1.33. The molecular formula is C5H15NO4. The Bertz CT molecular complexity index is 51.6. The Kier molecular flexibility index (Phi) is 38.8. The van der Waals surface area contributed by atoms with Crippen LogP contribution in [-0.4, -0.2) is 34.6 Å². The number of aliphatic hydroxyl groups excluding tert-OH is 2. The summed E-state index contributed by atoms with van der Waals surface area (Å²) < 4.78 is 0. The largest absolute Gasteiger partial charge is 0.465 e. The molecule has 0 aromatic carbocycles. The molecule has 1 amide bonds. The van der Waals surface area contributed by atoms with E-state index in [-0.39, 0.29) is 13.2 Å². The van der Waals surface area contributed by atoms with Crippen LogP contribution >= 0.6 is 0 Å². The Morgan fingerprint density at radius 1 is 1.30 bits per heavy atom. The average molecular weight is 153 g/mol. The van der Waals surface area contributed by atoms with Crippen molar-refractivity contribution in [3.63, 3.8) is 0 Å². The predicted octanol–water partition coefficient (Wildman–Crippen LogP) is -0.380. The molecule has 0 spiro atoms. The first kappa shape index (κ1) is 16.1. The van der Waals surface area contributed by atoms with E-state index in [4.69, 9.17) is 20.1 Å². The molecule has 0 bridgehead atoms. The topological polar surface area (TPSA) is 104 Å². The second-order valence-corrected chi connectivity index (χ2v) is 0.971. The molecule has 0 aliphatic carbocycles. The van der Waals surface area contributed by atoms with Gasteiger partial charge in [-0.3, -0.25) is 0 Å². The zero-order chi connectivity index (χ0) is 8.99. The monoisotopic (exact) mass is 153 g/mol. The summed E-state index contributed by atoms with van der Waals surface area (Å²) in [5, 5.41) is 22.3. The quantitative estimate of drug-likeness (QED) is 0.381. The van der Waals surface area contributed by atoms with E-state index in [1.54, 1.807) is 13.8 Å². The highest BCUT2D eigenvalue weighted by Gasteiger charge is 1.65. The lowest BCUT2D eigenvalue weighted by Gasteiger charge is -1.61. The van der Waals surface area contributed by atoms with Crippen molar-refractivity contribution in [2.45, 2.75) is 13.8 Å². The molecule has 10 heavy (non-hydrogen) atoms. The van der Waals surface area contributed by atoms with Crippen LogP contribution in [0.5, 0.6) is 0 Å². The summed E-state index contributed by atoms with van der Waals surface area (Å²) in [5.74, 6) is 0. The summed E-state index contributed by atoms with van der Waals surface area (Å²) in [4.78, 5) is 8.78. The van der Waals surface area contributed by atoms with Crippen molar-refractivity contribution in [2.24, 2.45) is 5.73 Å². The normalized spacial score (nSPS) is 6.00. The van der Waals surface area contributed by atoms with Gasteiger partial charge in [0.1, 0.15) is 0 Å². The Labute approximate surface area is 60.1 Å². The maximum atomic E-state index is 8.78. The first-order chi connectivity index (χ1) is 4.56. The predicted molar refractivity (Wildman–Crippen MR) is 37.7 cm³/mol. The van der Waals surface area contributed by atoms with E-state index < -0.39 is 6.09 Å². The Balaban J connectivity index is -0.0000000750. The number of primary amides is 1. The molecule has 64 valence electrons. The van der Waals surface area contributed by atoms with Crippen LogP contribution in [0.3, 0.4) is 0 Å². The lowest BCUT2D eigenvalue weighted by molar-refractivity contribution is 0.205. The van der Waals surface area contributed by atoms with Crippen molar-refractivity contribution >= 4 is 6.09 Å². The molecule has 5 N–H and O–H groups in total. The van der Waals surface area contributed by atoms with Crippen molar-refractivity contribution < 1.29 is 20.1 Å². The molecule has 0 saturated heterocycles. The lowest BCUT2D eigenvalue weighted by Crippen LogP contribution is -2.03. The number of carbonyl (C=O) groups is 1. The van der Waals surface area contributed by atoms with E-state index in [1.165, 1.54) is 0 Å². The highest BCUT2D eigenvalue weighted by molar-refractivity contribution is 5.61. The Morgan fingerprint density at radius 3 is 1.30 bits per heavy atom. The number of carboxylic acid groups (broad SMARTS) is 1. The second kappa shape index (κ2) is 24.1. The van der Waals surface area contributed by atoms with E-state index in [2.05, 4.69) is 5.73 Å². The maximum Gasteiger partial charge on any atom is 0.402 e. The van der Waals surface area contributed by atoms with Crippen LogP contribution in [0.4, 0.5) is 4.79 Å². The highest BCUT2D eigenvalue weighted by Crippen LogP contribution is 1.34. The van der Waals surface area contributed by atoms with E-state index in [0.29, 0.717) is 0 Å². The number of amides is 1. The third-order valence-corrected chi connectivity index (χ3v) is 0. The van der Waals surface area contributed by atoms with Crippen molar-refractivity contribution in [3.8, 4) is 0 Å². The molecule has 5 nitrogen and oxygen atoms in total. The van der Waals surface area contributed by atoms with Crippen molar-refractivity contribution in [2.75, 3.05) is 13.2 Å². The summed E-state index contributed by atoms with van der Waals surface area (Å²) in [5.41, 5.74) is 4.03. The molecule has 0 aliphatic rings.